The summed E-state index contributed by atoms with van der Waals surface area (Å²) in [6, 6.07) is 2.95. The standard InChI is InChI=1S/C15H23N3OS/c1-17(13-2-3-13)8-6-16-10-15(19)18-7-4-14-12(11-18)5-9-20-14/h5,9,13,16H,2-4,6-8,10-11H2,1H3. The lowest BCUT2D eigenvalue weighted by atomic mass is 10.1. The number of nitrogens with zero attached hydrogens (tertiary/aromatic N) is 2. The van der Waals surface area contributed by atoms with Crippen molar-refractivity contribution in [3.8, 4) is 0 Å². The summed E-state index contributed by atoms with van der Waals surface area (Å²) in [5.74, 6) is 0.232. The van der Waals surface area contributed by atoms with Crippen LogP contribution in [0.1, 0.15) is 23.3 Å². The molecule has 0 bridgehead atoms. The van der Waals surface area contributed by atoms with Gasteiger partial charge in [0.05, 0.1) is 6.54 Å². The Balaban J connectivity index is 1.37. The van der Waals surface area contributed by atoms with Crippen LogP contribution in [0.3, 0.4) is 0 Å². The SMILES string of the molecule is CN(CCNCC(=O)N1CCc2sccc2C1)C1CC1. The van der Waals surface area contributed by atoms with Gasteiger partial charge in [0.1, 0.15) is 0 Å². The maximum absolute atomic E-state index is 12.2. The Kier molecular flexibility index (Phi) is 4.38. The summed E-state index contributed by atoms with van der Waals surface area (Å²) in [7, 11) is 2.17. The lowest BCUT2D eigenvalue weighted by Gasteiger charge is -2.27. The average molecular weight is 293 g/mol. The molecule has 0 radical (unpaired) electrons. The largest absolute Gasteiger partial charge is 0.337 e. The van der Waals surface area contributed by atoms with Crippen LogP contribution in [0.2, 0.25) is 0 Å². The Labute approximate surface area is 124 Å². The summed E-state index contributed by atoms with van der Waals surface area (Å²) >= 11 is 1.81. The molecule has 1 N–H and O–H groups in total. The van der Waals surface area contributed by atoms with Gasteiger partial charge in [-0.3, -0.25) is 4.79 Å². The number of nitrogens with one attached hydrogen (secondary N) is 1. The van der Waals surface area contributed by atoms with Crippen molar-refractivity contribution in [2.45, 2.75) is 31.8 Å². The molecule has 2 heterocycles. The average Bonchev–Trinajstić information content (AvgIpc) is 3.20. The quantitative estimate of drug-likeness (QED) is 0.804. The smallest absolute Gasteiger partial charge is 0.236 e. The second kappa shape index (κ2) is 6.24. The van der Waals surface area contributed by atoms with E-state index in [0.717, 1.165) is 38.6 Å². The van der Waals surface area contributed by atoms with Crippen LogP contribution in [0.5, 0.6) is 0 Å². The molecule has 3 rings (SSSR count). The van der Waals surface area contributed by atoms with Gasteiger partial charge >= 0.3 is 0 Å². The van der Waals surface area contributed by atoms with Crippen LogP contribution >= 0.6 is 11.3 Å². The van der Waals surface area contributed by atoms with Crippen LogP contribution in [-0.2, 0) is 17.8 Å². The Morgan fingerprint density at radius 3 is 3.20 bits per heavy atom. The number of fused-ring (bicyclic) bond motifs is 1. The van der Waals surface area contributed by atoms with Gasteiger partial charge < -0.3 is 15.1 Å². The normalized spacial score (nSPS) is 18.4. The minimum atomic E-state index is 0.232. The van der Waals surface area contributed by atoms with Gasteiger partial charge in [0, 0.05) is 37.1 Å². The van der Waals surface area contributed by atoms with Crippen molar-refractivity contribution in [3.63, 3.8) is 0 Å². The second-order valence-electron chi connectivity index (χ2n) is 5.82. The van der Waals surface area contributed by atoms with Crippen LogP contribution < -0.4 is 5.32 Å². The van der Waals surface area contributed by atoms with Gasteiger partial charge in [-0.15, -0.1) is 11.3 Å². The zero-order valence-corrected chi connectivity index (χ0v) is 12.9. The summed E-state index contributed by atoms with van der Waals surface area (Å²) in [6.07, 6.45) is 3.70. The molecule has 1 amide bonds. The number of hydrogen-bond acceptors (Lipinski definition) is 4. The number of amides is 1. The molecule has 2 aliphatic rings. The van der Waals surface area contributed by atoms with E-state index in [2.05, 4.69) is 28.7 Å². The van der Waals surface area contributed by atoms with Gasteiger partial charge in [-0.1, -0.05) is 0 Å². The third-order valence-electron chi connectivity index (χ3n) is 4.25. The molecule has 1 saturated carbocycles. The Morgan fingerprint density at radius 1 is 1.55 bits per heavy atom. The monoisotopic (exact) mass is 293 g/mol. The van der Waals surface area contributed by atoms with Gasteiger partial charge in [-0.05, 0) is 43.3 Å². The third-order valence-corrected chi connectivity index (χ3v) is 5.27. The van der Waals surface area contributed by atoms with Gasteiger partial charge in [0.2, 0.25) is 5.91 Å². The van der Waals surface area contributed by atoms with Gasteiger partial charge in [-0.2, -0.15) is 0 Å². The molecule has 4 nitrogen and oxygen atoms in total. The molecule has 0 spiro atoms. The number of likely N-dealkylation sites (N-methyl/N-ethyl adjacent to an activating group) is 1. The molecule has 0 aromatic carbocycles. The zero-order chi connectivity index (χ0) is 13.9. The lowest BCUT2D eigenvalue weighted by molar-refractivity contribution is -0.131. The van der Waals surface area contributed by atoms with Crippen molar-refractivity contribution < 1.29 is 4.79 Å². The summed E-state index contributed by atoms with van der Waals surface area (Å²) in [6.45, 7) is 4.07. The molecule has 5 heteroatoms. The number of rotatable bonds is 6. The maximum atomic E-state index is 12.2. The maximum Gasteiger partial charge on any atom is 0.236 e. The molecular weight excluding hydrogens is 270 g/mol. The molecule has 20 heavy (non-hydrogen) atoms. The number of carbonyl (C=O) groups is 1. The van der Waals surface area contributed by atoms with Crippen molar-refractivity contribution in [1.82, 2.24) is 15.1 Å². The van der Waals surface area contributed by atoms with Crippen LogP contribution in [0.4, 0.5) is 0 Å². The van der Waals surface area contributed by atoms with Crippen LogP contribution in [0.15, 0.2) is 11.4 Å². The number of carbonyl (C=O) groups excluding carboxylic acids is 1. The van der Waals surface area contributed by atoms with E-state index in [1.807, 2.05) is 16.2 Å². The highest BCUT2D eigenvalue weighted by molar-refractivity contribution is 7.10. The molecule has 0 saturated heterocycles. The Hall–Kier alpha value is -0.910. The highest BCUT2D eigenvalue weighted by atomic mass is 32.1. The van der Waals surface area contributed by atoms with Crippen molar-refractivity contribution in [1.29, 1.82) is 0 Å². The fraction of sp³-hybridized carbons (Fsp3) is 0.667. The first-order chi connectivity index (χ1) is 9.74. The van der Waals surface area contributed by atoms with E-state index in [9.17, 15) is 4.79 Å². The Bertz CT molecular complexity index is 469. The summed E-state index contributed by atoms with van der Waals surface area (Å²) in [4.78, 5) is 18.0. The fourth-order valence-corrected chi connectivity index (χ4v) is 3.61. The van der Waals surface area contributed by atoms with E-state index in [-0.39, 0.29) is 5.91 Å². The summed E-state index contributed by atoms with van der Waals surface area (Å²) < 4.78 is 0. The topological polar surface area (TPSA) is 35.6 Å². The number of thiophene rings is 1. The molecule has 0 unspecified atom stereocenters. The van der Waals surface area contributed by atoms with Crippen LogP contribution in [0, 0.1) is 0 Å². The zero-order valence-electron chi connectivity index (χ0n) is 12.1. The van der Waals surface area contributed by atoms with Crippen LogP contribution in [0.25, 0.3) is 0 Å². The highest BCUT2D eigenvalue weighted by Crippen LogP contribution is 2.25. The van der Waals surface area contributed by atoms with E-state index in [0.29, 0.717) is 6.54 Å². The number of hydrogen-bond donors (Lipinski definition) is 1. The molecule has 0 atom stereocenters. The van der Waals surface area contributed by atoms with Crippen LogP contribution in [-0.4, -0.2) is 55.0 Å². The first kappa shape index (κ1) is 14.0. The lowest BCUT2D eigenvalue weighted by Crippen LogP contribution is -2.42. The minimum Gasteiger partial charge on any atom is -0.337 e. The van der Waals surface area contributed by atoms with Gasteiger partial charge in [0.25, 0.3) is 0 Å². The van der Waals surface area contributed by atoms with Crippen molar-refractivity contribution >= 4 is 17.2 Å². The predicted molar refractivity (Wildman–Crippen MR) is 82.0 cm³/mol. The third kappa shape index (κ3) is 3.40. The molecule has 110 valence electrons. The molecule has 1 aliphatic heterocycles. The van der Waals surface area contributed by atoms with Gasteiger partial charge in [-0.25, -0.2) is 0 Å². The van der Waals surface area contributed by atoms with E-state index in [1.54, 1.807) is 0 Å². The molecule has 1 fully saturated rings. The van der Waals surface area contributed by atoms with E-state index >= 15 is 0 Å². The summed E-state index contributed by atoms with van der Waals surface area (Å²) in [5.41, 5.74) is 1.34. The summed E-state index contributed by atoms with van der Waals surface area (Å²) in [5, 5.41) is 5.41. The van der Waals surface area contributed by atoms with E-state index < -0.39 is 0 Å². The predicted octanol–water partition coefficient (Wildman–Crippen LogP) is 1.32. The molecule has 1 aromatic heterocycles. The van der Waals surface area contributed by atoms with E-state index in [1.165, 1.54) is 23.3 Å². The highest BCUT2D eigenvalue weighted by Gasteiger charge is 2.25. The van der Waals surface area contributed by atoms with Crippen molar-refractivity contribution in [3.05, 3.63) is 21.9 Å². The molecule has 1 aliphatic carbocycles. The van der Waals surface area contributed by atoms with Crippen molar-refractivity contribution in [2.75, 3.05) is 33.2 Å². The molecular formula is C15H23N3OS. The first-order valence-corrected chi connectivity index (χ1v) is 8.36. The first-order valence-electron chi connectivity index (χ1n) is 7.48. The molecule has 1 aromatic rings. The van der Waals surface area contributed by atoms with Gasteiger partial charge in [0.15, 0.2) is 0 Å². The fourth-order valence-electron chi connectivity index (χ4n) is 2.72. The minimum absolute atomic E-state index is 0.232. The van der Waals surface area contributed by atoms with E-state index in [4.69, 9.17) is 0 Å². The second-order valence-corrected chi connectivity index (χ2v) is 6.82. The Morgan fingerprint density at radius 2 is 2.40 bits per heavy atom. The van der Waals surface area contributed by atoms with Crippen molar-refractivity contribution in [2.24, 2.45) is 0 Å².